The Balaban J connectivity index is 2.15. The summed E-state index contributed by atoms with van der Waals surface area (Å²) in [5.74, 6) is 0.179. The summed E-state index contributed by atoms with van der Waals surface area (Å²) in [6, 6.07) is 6.00. The summed E-state index contributed by atoms with van der Waals surface area (Å²) < 4.78 is 1.66. The van der Waals surface area contributed by atoms with Gasteiger partial charge in [0.15, 0.2) is 5.16 Å². The maximum atomic E-state index is 13.5. The van der Waals surface area contributed by atoms with Gasteiger partial charge in [0.1, 0.15) is 4.83 Å². The predicted octanol–water partition coefficient (Wildman–Crippen LogP) is 4.30. The number of rotatable bonds is 6. The summed E-state index contributed by atoms with van der Waals surface area (Å²) in [6.07, 6.45) is 0.891. The topological polar surface area (TPSA) is 64.0 Å². The van der Waals surface area contributed by atoms with Crippen LogP contribution in [0.3, 0.4) is 0 Å². The average Bonchev–Trinajstić information content (AvgIpc) is 2.93. The van der Waals surface area contributed by atoms with E-state index in [1.54, 1.807) is 4.57 Å². The number of thiophene rings is 1. The minimum Gasteiger partial charge on any atom is -0.355 e. The first-order chi connectivity index (χ1) is 13.3. The molecule has 0 atom stereocenters. The van der Waals surface area contributed by atoms with Crippen molar-refractivity contribution in [2.75, 3.05) is 12.3 Å². The van der Waals surface area contributed by atoms with Crippen LogP contribution in [-0.4, -0.2) is 27.8 Å². The van der Waals surface area contributed by atoms with E-state index in [-0.39, 0.29) is 17.2 Å². The van der Waals surface area contributed by atoms with Crippen molar-refractivity contribution in [3.05, 3.63) is 50.1 Å². The number of thioether (sulfide) groups is 1. The van der Waals surface area contributed by atoms with Crippen LogP contribution in [0.2, 0.25) is 0 Å². The van der Waals surface area contributed by atoms with Crippen molar-refractivity contribution < 1.29 is 4.79 Å². The number of aromatic nitrogens is 2. The smallest absolute Gasteiger partial charge is 0.267 e. The molecule has 0 saturated heterocycles. The first-order valence-electron chi connectivity index (χ1n) is 9.33. The van der Waals surface area contributed by atoms with Gasteiger partial charge in [-0.25, -0.2) is 4.98 Å². The summed E-state index contributed by atoms with van der Waals surface area (Å²) >= 11 is 2.83. The molecular formula is C21H25N3O2S2. The van der Waals surface area contributed by atoms with Crippen LogP contribution in [0.1, 0.15) is 34.9 Å². The first kappa shape index (κ1) is 20.6. The van der Waals surface area contributed by atoms with Crippen LogP contribution in [-0.2, 0) is 4.79 Å². The van der Waals surface area contributed by atoms with E-state index in [0.717, 1.165) is 38.5 Å². The zero-order valence-corrected chi connectivity index (χ0v) is 18.5. The van der Waals surface area contributed by atoms with Crippen LogP contribution in [0.5, 0.6) is 0 Å². The quantitative estimate of drug-likeness (QED) is 0.482. The van der Waals surface area contributed by atoms with E-state index in [1.165, 1.54) is 23.1 Å². The maximum absolute atomic E-state index is 13.5. The zero-order valence-electron chi connectivity index (χ0n) is 16.9. The fraction of sp³-hybridized carbons (Fsp3) is 0.381. The lowest BCUT2D eigenvalue weighted by Gasteiger charge is -2.15. The number of hydrogen-bond donors (Lipinski definition) is 1. The van der Waals surface area contributed by atoms with Crippen molar-refractivity contribution in [1.29, 1.82) is 0 Å². The van der Waals surface area contributed by atoms with E-state index in [2.05, 4.69) is 11.4 Å². The van der Waals surface area contributed by atoms with Gasteiger partial charge in [-0.05, 0) is 51.3 Å². The molecule has 5 nitrogen and oxygen atoms in total. The van der Waals surface area contributed by atoms with Gasteiger partial charge in [0.25, 0.3) is 5.56 Å². The number of aryl methyl sites for hydroxylation is 4. The lowest BCUT2D eigenvalue weighted by molar-refractivity contribution is -0.118. The van der Waals surface area contributed by atoms with Crippen LogP contribution < -0.4 is 10.9 Å². The van der Waals surface area contributed by atoms with E-state index in [9.17, 15) is 9.59 Å². The Morgan fingerprint density at radius 2 is 2.00 bits per heavy atom. The average molecular weight is 416 g/mol. The molecule has 0 aliphatic rings. The summed E-state index contributed by atoms with van der Waals surface area (Å²) in [6.45, 7) is 10.7. The van der Waals surface area contributed by atoms with Gasteiger partial charge < -0.3 is 5.32 Å². The highest BCUT2D eigenvalue weighted by Crippen LogP contribution is 2.30. The molecule has 1 aromatic carbocycles. The number of amides is 1. The molecule has 0 unspecified atom stereocenters. The standard InChI is InChI=1S/C21H25N3O2S2/c1-6-9-22-17(25)11-27-21-23-19-18(14(4)15(5)28-19)20(26)24(21)16-8-7-12(2)10-13(16)3/h7-8,10H,6,9,11H2,1-5H3,(H,22,25). The predicted molar refractivity (Wildman–Crippen MR) is 118 cm³/mol. The normalized spacial score (nSPS) is 11.2. The molecule has 148 valence electrons. The Hall–Kier alpha value is -2.12. The first-order valence-corrected chi connectivity index (χ1v) is 11.1. The molecule has 7 heteroatoms. The maximum Gasteiger partial charge on any atom is 0.267 e. The van der Waals surface area contributed by atoms with Crippen LogP contribution in [0.4, 0.5) is 0 Å². The van der Waals surface area contributed by atoms with Gasteiger partial charge in [0, 0.05) is 11.4 Å². The van der Waals surface area contributed by atoms with Gasteiger partial charge in [-0.15, -0.1) is 11.3 Å². The summed E-state index contributed by atoms with van der Waals surface area (Å²) in [4.78, 5) is 32.2. The fourth-order valence-electron chi connectivity index (χ4n) is 3.09. The van der Waals surface area contributed by atoms with Crippen LogP contribution in [0.25, 0.3) is 15.9 Å². The van der Waals surface area contributed by atoms with Gasteiger partial charge in [-0.2, -0.15) is 0 Å². The largest absolute Gasteiger partial charge is 0.355 e. The highest BCUT2D eigenvalue weighted by molar-refractivity contribution is 7.99. The van der Waals surface area contributed by atoms with Crippen LogP contribution in [0, 0.1) is 27.7 Å². The van der Waals surface area contributed by atoms with Gasteiger partial charge in [0.2, 0.25) is 5.91 Å². The third-order valence-corrected chi connectivity index (χ3v) is 6.71. The Kier molecular flexibility index (Phi) is 6.25. The molecule has 1 N–H and O–H groups in total. The Bertz CT molecular complexity index is 1100. The van der Waals surface area contributed by atoms with Crippen molar-refractivity contribution in [2.45, 2.75) is 46.2 Å². The Morgan fingerprint density at radius 3 is 2.68 bits per heavy atom. The van der Waals surface area contributed by atoms with Gasteiger partial charge in [-0.3, -0.25) is 14.2 Å². The molecule has 28 heavy (non-hydrogen) atoms. The molecule has 0 radical (unpaired) electrons. The molecule has 0 saturated carbocycles. The number of hydrogen-bond acceptors (Lipinski definition) is 5. The number of carbonyl (C=O) groups excluding carboxylic acids is 1. The summed E-state index contributed by atoms with van der Waals surface area (Å²) in [5.41, 5.74) is 3.86. The SMILES string of the molecule is CCCNC(=O)CSc1nc2sc(C)c(C)c2c(=O)n1-c1ccc(C)cc1C. The van der Waals surface area contributed by atoms with E-state index < -0.39 is 0 Å². The van der Waals surface area contributed by atoms with E-state index in [0.29, 0.717) is 17.1 Å². The van der Waals surface area contributed by atoms with E-state index in [4.69, 9.17) is 4.98 Å². The Morgan fingerprint density at radius 1 is 1.25 bits per heavy atom. The molecule has 0 aliphatic heterocycles. The molecule has 0 bridgehead atoms. The van der Waals surface area contributed by atoms with Crippen LogP contribution >= 0.6 is 23.1 Å². The molecule has 0 aliphatic carbocycles. The van der Waals surface area contributed by atoms with Crippen molar-refractivity contribution in [2.24, 2.45) is 0 Å². The van der Waals surface area contributed by atoms with E-state index >= 15 is 0 Å². The van der Waals surface area contributed by atoms with Crippen molar-refractivity contribution in [1.82, 2.24) is 14.9 Å². The summed E-state index contributed by atoms with van der Waals surface area (Å²) in [5, 5.41) is 4.10. The number of nitrogens with one attached hydrogen (secondary N) is 1. The number of benzene rings is 1. The molecule has 0 fully saturated rings. The summed E-state index contributed by atoms with van der Waals surface area (Å²) in [7, 11) is 0. The number of nitrogens with zero attached hydrogens (tertiary/aromatic N) is 2. The third-order valence-electron chi connectivity index (χ3n) is 4.67. The molecule has 1 amide bonds. The number of carbonyl (C=O) groups is 1. The van der Waals surface area contributed by atoms with Crippen molar-refractivity contribution in [3.8, 4) is 5.69 Å². The molecule has 0 spiro atoms. The monoisotopic (exact) mass is 415 g/mol. The minimum absolute atomic E-state index is 0.0492. The van der Waals surface area contributed by atoms with Gasteiger partial charge in [-0.1, -0.05) is 36.4 Å². The molecule has 2 heterocycles. The van der Waals surface area contributed by atoms with Crippen molar-refractivity contribution >= 4 is 39.2 Å². The molecule has 3 aromatic rings. The van der Waals surface area contributed by atoms with Gasteiger partial charge in [0.05, 0.1) is 16.8 Å². The molecule has 2 aromatic heterocycles. The van der Waals surface area contributed by atoms with E-state index in [1.807, 2.05) is 46.8 Å². The third kappa shape index (κ3) is 4.00. The highest BCUT2D eigenvalue weighted by Gasteiger charge is 2.19. The Labute approximate surface area is 173 Å². The van der Waals surface area contributed by atoms with Gasteiger partial charge >= 0.3 is 0 Å². The van der Waals surface area contributed by atoms with Crippen molar-refractivity contribution in [3.63, 3.8) is 0 Å². The second-order valence-electron chi connectivity index (χ2n) is 6.93. The lowest BCUT2D eigenvalue weighted by atomic mass is 10.1. The zero-order chi connectivity index (χ0) is 20.4. The molecular weight excluding hydrogens is 390 g/mol. The number of fused-ring (bicyclic) bond motifs is 1. The highest BCUT2D eigenvalue weighted by atomic mass is 32.2. The molecule has 3 rings (SSSR count). The second kappa shape index (κ2) is 8.49. The fourth-order valence-corrected chi connectivity index (χ4v) is 4.99. The second-order valence-corrected chi connectivity index (χ2v) is 9.07. The lowest BCUT2D eigenvalue weighted by Crippen LogP contribution is -2.27. The minimum atomic E-state index is -0.0738. The van der Waals surface area contributed by atoms with Crippen LogP contribution in [0.15, 0.2) is 28.2 Å².